The van der Waals surface area contributed by atoms with E-state index in [1.165, 1.54) is 0 Å². The van der Waals surface area contributed by atoms with E-state index in [0.29, 0.717) is 24.3 Å². The summed E-state index contributed by atoms with van der Waals surface area (Å²) < 4.78 is 12.4. The Balaban J connectivity index is 2.42. The average Bonchev–Trinajstić information content (AvgIpc) is 2.76. The molecule has 0 aromatic carbocycles. The van der Waals surface area contributed by atoms with Crippen molar-refractivity contribution in [3.05, 3.63) is 18.0 Å². The minimum atomic E-state index is 0.359. The second-order valence-corrected chi connectivity index (χ2v) is 4.80. The number of aromatic nitrogens is 3. The number of halogens is 1. The van der Waals surface area contributed by atoms with E-state index in [2.05, 4.69) is 16.9 Å². The summed E-state index contributed by atoms with van der Waals surface area (Å²) in [5.41, 5.74) is 1.64. The van der Waals surface area contributed by atoms with E-state index in [9.17, 15) is 0 Å². The molecule has 2 aromatic rings. The molecule has 0 bridgehead atoms. The molecule has 1 atom stereocenters. The van der Waals surface area contributed by atoms with Crippen molar-refractivity contribution in [2.45, 2.75) is 19.3 Å². The van der Waals surface area contributed by atoms with Crippen LogP contribution in [0.5, 0.6) is 5.88 Å². The Morgan fingerprint density at radius 3 is 2.74 bits per heavy atom. The molecule has 104 valence electrons. The Hall–Kier alpha value is -1.33. The first kappa shape index (κ1) is 14.1. The van der Waals surface area contributed by atoms with E-state index in [1.807, 2.05) is 10.6 Å². The van der Waals surface area contributed by atoms with Crippen LogP contribution < -0.4 is 4.74 Å². The molecule has 0 N–H and O–H groups in total. The van der Waals surface area contributed by atoms with Gasteiger partial charge in [-0.2, -0.15) is 4.98 Å². The van der Waals surface area contributed by atoms with Crippen molar-refractivity contribution in [1.29, 1.82) is 0 Å². The van der Waals surface area contributed by atoms with Crippen LogP contribution in [0.3, 0.4) is 0 Å². The summed E-state index contributed by atoms with van der Waals surface area (Å²) in [5.74, 6) is 2.12. The van der Waals surface area contributed by atoms with Crippen LogP contribution in [0.2, 0.25) is 0 Å². The molecule has 19 heavy (non-hydrogen) atoms. The highest BCUT2D eigenvalue weighted by Gasteiger charge is 2.14. The molecule has 0 aliphatic heterocycles. The molecule has 2 heterocycles. The zero-order valence-electron chi connectivity index (χ0n) is 11.4. The number of hydrogen-bond donors (Lipinski definition) is 0. The number of fused-ring (bicyclic) bond motifs is 1. The van der Waals surface area contributed by atoms with Crippen molar-refractivity contribution in [2.24, 2.45) is 5.92 Å². The highest BCUT2D eigenvalue weighted by molar-refractivity contribution is 6.16. The maximum absolute atomic E-state index is 5.96. The molecule has 0 aliphatic rings. The third-order valence-corrected chi connectivity index (χ3v) is 3.16. The van der Waals surface area contributed by atoms with Crippen LogP contribution in [0.15, 0.2) is 12.1 Å². The molecule has 0 fully saturated rings. The Morgan fingerprint density at radius 2 is 2.11 bits per heavy atom. The SMILES string of the molecule is COCC(C)Cn1c(CCl)nc2ccc(OC)nc21. The summed E-state index contributed by atoms with van der Waals surface area (Å²) in [6.07, 6.45) is 0. The monoisotopic (exact) mass is 283 g/mol. The fourth-order valence-corrected chi connectivity index (χ4v) is 2.29. The van der Waals surface area contributed by atoms with E-state index >= 15 is 0 Å². The number of imidazole rings is 1. The summed E-state index contributed by atoms with van der Waals surface area (Å²) in [6.45, 7) is 3.57. The Bertz CT molecular complexity index is 556. The summed E-state index contributed by atoms with van der Waals surface area (Å²) in [7, 11) is 3.30. The predicted octanol–water partition coefficient (Wildman–Crippen LogP) is 2.46. The molecule has 5 nitrogen and oxygen atoms in total. The van der Waals surface area contributed by atoms with Crippen molar-refractivity contribution >= 4 is 22.8 Å². The van der Waals surface area contributed by atoms with E-state index in [4.69, 9.17) is 21.1 Å². The standard InChI is InChI=1S/C13H18ClN3O2/c1-9(8-18-2)7-17-11(6-14)15-10-4-5-12(19-3)16-13(10)17/h4-5,9H,6-8H2,1-3H3. The Labute approximate surface area is 117 Å². The van der Waals surface area contributed by atoms with E-state index in [1.54, 1.807) is 20.3 Å². The lowest BCUT2D eigenvalue weighted by Crippen LogP contribution is -2.14. The fraction of sp³-hybridized carbons (Fsp3) is 0.538. The van der Waals surface area contributed by atoms with Crippen molar-refractivity contribution in [1.82, 2.24) is 14.5 Å². The van der Waals surface area contributed by atoms with Gasteiger partial charge in [-0.05, 0) is 12.0 Å². The van der Waals surface area contributed by atoms with Gasteiger partial charge in [0.1, 0.15) is 11.3 Å². The number of methoxy groups -OCH3 is 2. The molecule has 6 heteroatoms. The van der Waals surface area contributed by atoms with Gasteiger partial charge in [0.2, 0.25) is 5.88 Å². The highest BCUT2D eigenvalue weighted by Crippen LogP contribution is 2.20. The third-order valence-electron chi connectivity index (χ3n) is 2.92. The van der Waals surface area contributed by atoms with Gasteiger partial charge in [-0.1, -0.05) is 6.92 Å². The quantitative estimate of drug-likeness (QED) is 0.764. The fourth-order valence-electron chi connectivity index (χ4n) is 2.09. The molecule has 0 saturated carbocycles. The van der Waals surface area contributed by atoms with Crippen LogP contribution in [0.4, 0.5) is 0 Å². The topological polar surface area (TPSA) is 49.2 Å². The van der Waals surface area contributed by atoms with Crippen molar-refractivity contribution < 1.29 is 9.47 Å². The van der Waals surface area contributed by atoms with Gasteiger partial charge in [-0.25, -0.2) is 4.98 Å². The van der Waals surface area contributed by atoms with Gasteiger partial charge < -0.3 is 14.0 Å². The van der Waals surface area contributed by atoms with Gasteiger partial charge in [0.05, 0.1) is 19.6 Å². The summed E-state index contributed by atoms with van der Waals surface area (Å²) in [4.78, 5) is 8.95. The predicted molar refractivity (Wildman–Crippen MR) is 74.7 cm³/mol. The van der Waals surface area contributed by atoms with E-state index in [-0.39, 0.29) is 0 Å². The van der Waals surface area contributed by atoms with Crippen LogP contribution in [0.1, 0.15) is 12.7 Å². The first-order valence-electron chi connectivity index (χ1n) is 6.14. The average molecular weight is 284 g/mol. The molecule has 0 radical (unpaired) electrons. The lowest BCUT2D eigenvalue weighted by molar-refractivity contribution is 0.151. The van der Waals surface area contributed by atoms with Crippen molar-refractivity contribution in [3.8, 4) is 5.88 Å². The first-order chi connectivity index (χ1) is 9.19. The summed E-state index contributed by atoms with van der Waals surface area (Å²) in [6, 6.07) is 3.70. The Kier molecular flexibility index (Phi) is 4.61. The van der Waals surface area contributed by atoms with Crippen LogP contribution in [-0.4, -0.2) is 35.4 Å². The number of ether oxygens (including phenoxy) is 2. The van der Waals surface area contributed by atoms with E-state index < -0.39 is 0 Å². The molecular formula is C13H18ClN3O2. The molecule has 0 saturated heterocycles. The van der Waals surface area contributed by atoms with Gasteiger partial charge >= 0.3 is 0 Å². The summed E-state index contributed by atoms with van der Waals surface area (Å²) >= 11 is 5.96. The molecule has 2 aromatic heterocycles. The maximum atomic E-state index is 5.96. The van der Waals surface area contributed by atoms with Crippen molar-refractivity contribution in [3.63, 3.8) is 0 Å². The first-order valence-corrected chi connectivity index (χ1v) is 6.68. The van der Waals surface area contributed by atoms with Gasteiger partial charge in [0, 0.05) is 19.7 Å². The Morgan fingerprint density at radius 1 is 1.32 bits per heavy atom. The minimum absolute atomic E-state index is 0.359. The summed E-state index contributed by atoms with van der Waals surface area (Å²) in [5, 5.41) is 0. The molecule has 2 rings (SSSR count). The number of hydrogen-bond acceptors (Lipinski definition) is 4. The lowest BCUT2D eigenvalue weighted by atomic mass is 10.2. The lowest BCUT2D eigenvalue weighted by Gasteiger charge is -2.13. The van der Waals surface area contributed by atoms with E-state index in [0.717, 1.165) is 23.5 Å². The normalized spacial score (nSPS) is 12.8. The number of nitrogens with zero attached hydrogens (tertiary/aromatic N) is 3. The second-order valence-electron chi connectivity index (χ2n) is 4.53. The zero-order chi connectivity index (χ0) is 13.8. The van der Waals surface area contributed by atoms with Crippen LogP contribution in [-0.2, 0) is 17.2 Å². The second kappa shape index (κ2) is 6.21. The molecule has 0 spiro atoms. The van der Waals surface area contributed by atoms with Gasteiger partial charge in [-0.15, -0.1) is 11.6 Å². The van der Waals surface area contributed by atoms with Crippen LogP contribution in [0.25, 0.3) is 11.2 Å². The number of pyridine rings is 1. The van der Waals surface area contributed by atoms with Gasteiger partial charge in [-0.3, -0.25) is 0 Å². The number of alkyl halides is 1. The molecular weight excluding hydrogens is 266 g/mol. The van der Waals surface area contributed by atoms with Crippen LogP contribution in [0, 0.1) is 5.92 Å². The maximum Gasteiger partial charge on any atom is 0.215 e. The molecule has 1 unspecified atom stereocenters. The largest absolute Gasteiger partial charge is 0.481 e. The smallest absolute Gasteiger partial charge is 0.215 e. The number of rotatable bonds is 6. The molecule has 0 aliphatic carbocycles. The third kappa shape index (κ3) is 2.98. The minimum Gasteiger partial charge on any atom is -0.481 e. The van der Waals surface area contributed by atoms with Gasteiger partial charge in [0.25, 0.3) is 0 Å². The van der Waals surface area contributed by atoms with Gasteiger partial charge in [0.15, 0.2) is 5.65 Å². The zero-order valence-corrected chi connectivity index (χ0v) is 12.1. The highest BCUT2D eigenvalue weighted by atomic mass is 35.5. The van der Waals surface area contributed by atoms with Crippen LogP contribution >= 0.6 is 11.6 Å². The molecule has 0 amide bonds. The van der Waals surface area contributed by atoms with Crippen molar-refractivity contribution in [2.75, 3.05) is 20.8 Å².